The van der Waals surface area contributed by atoms with Crippen molar-refractivity contribution in [2.75, 3.05) is 6.54 Å². The first kappa shape index (κ1) is 16.4. The second-order valence-electron chi connectivity index (χ2n) is 5.01. The summed E-state index contributed by atoms with van der Waals surface area (Å²) < 4.78 is 5.73. The molecule has 1 amide bonds. The van der Waals surface area contributed by atoms with E-state index in [1.165, 1.54) is 0 Å². The van der Waals surface area contributed by atoms with E-state index in [1.54, 1.807) is 6.92 Å². The molecule has 0 spiro atoms. The van der Waals surface area contributed by atoms with E-state index in [0.29, 0.717) is 18.7 Å². The summed E-state index contributed by atoms with van der Waals surface area (Å²) in [5, 5.41) is 2.90. The van der Waals surface area contributed by atoms with Gasteiger partial charge in [-0.2, -0.15) is 0 Å². The molecule has 0 saturated carbocycles. The van der Waals surface area contributed by atoms with Crippen LogP contribution in [0.4, 0.5) is 0 Å². The highest BCUT2D eigenvalue weighted by molar-refractivity contribution is 5.81. The summed E-state index contributed by atoms with van der Waals surface area (Å²) in [7, 11) is 0. The largest absolute Gasteiger partial charge is 0.479 e. The van der Waals surface area contributed by atoms with Crippen LogP contribution in [0.3, 0.4) is 0 Å². The number of carbonyl (C=O) groups excluding carboxylic acids is 1. The van der Waals surface area contributed by atoms with E-state index in [2.05, 4.69) is 10.3 Å². The van der Waals surface area contributed by atoms with Crippen LogP contribution in [0.25, 0.3) is 0 Å². The number of rotatable bonds is 7. The second-order valence-corrected chi connectivity index (χ2v) is 5.01. The number of amides is 1. The summed E-state index contributed by atoms with van der Waals surface area (Å²) in [5.41, 5.74) is 7.30. The van der Waals surface area contributed by atoms with Crippen molar-refractivity contribution in [1.29, 1.82) is 0 Å². The Labute approximate surface area is 120 Å². The molecule has 1 heterocycles. The molecule has 1 aromatic rings. The number of carbonyl (C=O) groups is 1. The van der Waals surface area contributed by atoms with E-state index >= 15 is 0 Å². The van der Waals surface area contributed by atoms with Gasteiger partial charge in [0.1, 0.15) is 5.75 Å². The normalized spacial score (nSPS) is 13.7. The molecule has 0 radical (unpaired) electrons. The molecule has 112 valence electrons. The minimum Gasteiger partial charge on any atom is -0.479 e. The standard InChI is InChI=1S/C15H25N3O2/c1-5-10(2)18-15(19)12(4)20-14-7-6-11(3)17-13(14)8-9-16/h6-7,10,12H,5,8-9,16H2,1-4H3,(H,18,19). The molecule has 5 nitrogen and oxygen atoms in total. The molecular formula is C15H25N3O2. The fourth-order valence-electron chi connectivity index (χ4n) is 1.73. The third-order valence-electron chi connectivity index (χ3n) is 3.13. The fraction of sp³-hybridized carbons (Fsp3) is 0.600. The fourth-order valence-corrected chi connectivity index (χ4v) is 1.73. The Morgan fingerprint density at radius 3 is 2.75 bits per heavy atom. The number of nitrogens with zero attached hydrogens (tertiary/aromatic N) is 1. The van der Waals surface area contributed by atoms with Crippen LogP contribution in [0, 0.1) is 6.92 Å². The molecule has 2 atom stereocenters. The number of nitrogens with one attached hydrogen (secondary N) is 1. The lowest BCUT2D eigenvalue weighted by atomic mass is 10.2. The third kappa shape index (κ3) is 4.81. The highest BCUT2D eigenvalue weighted by atomic mass is 16.5. The van der Waals surface area contributed by atoms with Crippen LogP contribution in [-0.4, -0.2) is 29.6 Å². The van der Waals surface area contributed by atoms with Gasteiger partial charge < -0.3 is 15.8 Å². The zero-order valence-corrected chi connectivity index (χ0v) is 12.8. The van der Waals surface area contributed by atoms with Gasteiger partial charge in [0.2, 0.25) is 0 Å². The monoisotopic (exact) mass is 279 g/mol. The highest BCUT2D eigenvalue weighted by Gasteiger charge is 2.18. The first-order valence-electron chi connectivity index (χ1n) is 7.11. The van der Waals surface area contributed by atoms with Crippen molar-refractivity contribution < 1.29 is 9.53 Å². The highest BCUT2D eigenvalue weighted by Crippen LogP contribution is 2.19. The lowest BCUT2D eigenvalue weighted by Gasteiger charge is -2.19. The maximum atomic E-state index is 12.0. The molecule has 0 saturated heterocycles. The van der Waals surface area contributed by atoms with E-state index in [9.17, 15) is 4.79 Å². The summed E-state index contributed by atoms with van der Waals surface area (Å²) in [6.45, 7) is 8.16. The minimum absolute atomic E-state index is 0.112. The van der Waals surface area contributed by atoms with E-state index in [-0.39, 0.29) is 11.9 Å². The van der Waals surface area contributed by atoms with Crippen molar-refractivity contribution in [3.63, 3.8) is 0 Å². The molecule has 2 unspecified atom stereocenters. The summed E-state index contributed by atoms with van der Waals surface area (Å²) in [6.07, 6.45) is 0.977. The van der Waals surface area contributed by atoms with Gasteiger partial charge in [-0.3, -0.25) is 9.78 Å². The van der Waals surface area contributed by atoms with Crippen LogP contribution in [-0.2, 0) is 11.2 Å². The number of nitrogens with two attached hydrogens (primary N) is 1. The maximum Gasteiger partial charge on any atom is 0.260 e. The van der Waals surface area contributed by atoms with Crippen LogP contribution in [0.1, 0.15) is 38.6 Å². The Bertz CT molecular complexity index is 449. The topological polar surface area (TPSA) is 77.2 Å². The van der Waals surface area contributed by atoms with Gasteiger partial charge in [0.05, 0.1) is 5.69 Å². The SMILES string of the molecule is CCC(C)NC(=O)C(C)Oc1ccc(C)nc1CCN. The number of ether oxygens (including phenoxy) is 1. The molecule has 5 heteroatoms. The number of aryl methyl sites for hydroxylation is 1. The first-order valence-corrected chi connectivity index (χ1v) is 7.11. The number of hydrogen-bond acceptors (Lipinski definition) is 4. The van der Waals surface area contributed by atoms with Crippen LogP contribution in [0.5, 0.6) is 5.75 Å². The van der Waals surface area contributed by atoms with Crippen molar-refractivity contribution in [2.24, 2.45) is 5.73 Å². The molecule has 1 aromatic heterocycles. The molecule has 0 bridgehead atoms. The van der Waals surface area contributed by atoms with Crippen molar-refractivity contribution in [3.8, 4) is 5.75 Å². The average Bonchev–Trinajstić information content (AvgIpc) is 2.41. The van der Waals surface area contributed by atoms with Gasteiger partial charge in [0.15, 0.2) is 6.10 Å². The zero-order chi connectivity index (χ0) is 15.1. The van der Waals surface area contributed by atoms with Crippen molar-refractivity contribution in [1.82, 2.24) is 10.3 Å². The molecule has 20 heavy (non-hydrogen) atoms. The van der Waals surface area contributed by atoms with Crippen molar-refractivity contribution >= 4 is 5.91 Å². The Balaban J connectivity index is 2.74. The van der Waals surface area contributed by atoms with Crippen molar-refractivity contribution in [3.05, 3.63) is 23.5 Å². The quantitative estimate of drug-likeness (QED) is 0.794. The molecule has 3 N–H and O–H groups in total. The first-order chi connectivity index (χ1) is 9.47. The van der Waals surface area contributed by atoms with Gasteiger partial charge >= 0.3 is 0 Å². The maximum absolute atomic E-state index is 12.0. The van der Waals surface area contributed by atoms with E-state index < -0.39 is 6.10 Å². The summed E-state index contributed by atoms with van der Waals surface area (Å²) in [6, 6.07) is 3.86. The van der Waals surface area contributed by atoms with E-state index in [1.807, 2.05) is 32.9 Å². The van der Waals surface area contributed by atoms with Crippen LogP contribution < -0.4 is 15.8 Å². The predicted octanol–water partition coefficient (Wildman–Crippen LogP) is 1.57. The molecule has 0 fully saturated rings. The second kappa shape index (κ2) is 7.85. The molecule has 0 aromatic carbocycles. The summed E-state index contributed by atoms with van der Waals surface area (Å²) >= 11 is 0. The van der Waals surface area contributed by atoms with Crippen molar-refractivity contribution in [2.45, 2.75) is 52.7 Å². The van der Waals surface area contributed by atoms with Gasteiger partial charge in [-0.25, -0.2) is 0 Å². The summed E-state index contributed by atoms with van der Waals surface area (Å²) in [4.78, 5) is 16.4. The third-order valence-corrected chi connectivity index (χ3v) is 3.13. The number of pyridine rings is 1. The average molecular weight is 279 g/mol. The lowest BCUT2D eigenvalue weighted by Crippen LogP contribution is -2.41. The smallest absolute Gasteiger partial charge is 0.260 e. The Morgan fingerprint density at radius 1 is 1.45 bits per heavy atom. The molecular weight excluding hydrogens is 254 g/mol. The van der Waals surface area contributed by atoms with E-state index in [4.69, 9.17) is 10.5 Å². The van der Waals surface area contributed by atoms with Crippen LogP contribution in [0.2, 0.25) is 0 Å². The summed E-state index contributed by atoms with van der Waals surface area (Å²) in [5.74, 6) is 0.520. The molecule has 0 aliphatic carbocycles. The van der Waals surface area contributed by atoms with Gasteiger partial charge in [0, 0.05) is 18.2 Å². The number of hydrogen-bond donors (Lipinski definition) is 2. The van der Waals surface area contributed by atoms with Crippen LogP contribution in [0.15, 0.2) is 12.1 Å². The van der Waals surface area contributed by atoms with Gasteiger partial charge in [-0.1, -0.05) is 6.92 Å². The van der Waals surface area contributed by atoms with Crippen LogP contribution >= 0.6 is 0 Å². The Kier molecular flexibility index (Phi) is 6.45. The zero-order valence-electron chi connectivity index (χ0n) is 12.8. The molecule has 0 aliphatic rings. The molecule has 0 aliphatic heterocycles. The lowest BCUT2D eigenvalue weighted by molar-refractivity contribution is -0.127. The predicted molar refractivity (Wildman–Crippen MR) is 79.7 cm³/mol. The van der Waals surface area contributed by atoms with Gasteiger partial charge in [-0.05, 0) is 45.9 Å². The Hall–Kier alpha value is -1.62. The number of aromatic nitrogens is 1. The van der Waals surface area contributed by atoms with Gasteiger partial charge in [0.25, 0.3) is 5.91 Å². The molecule has 1 rings (SSSR count). The van der Waals surface area contributed by atoms with E-state index in [0.717, 1.165) is 17.8 Å². The Morgan fingerprint density at radius 2 is 2.15 bits per heavy atom. The van der Waals surface area contributed by atoms with Gasteiger partial charge in [-0.15, -0.1) is 0 Å². The minimum atomic E-state index is -0.551.